The largest absolute Gasteiger partial charge is 0.353 e. The fourth-order valence-electron chi connectivity index (χ4n) is 5.62. The van der Waals surface area contributed by atoms with Crippen LogP contribution in [0.5, 0.6) is 0 Å². The number of carbonyl (C=O) groups excluding carboxylic acids is 2. The summed E-state index contributed by atoms with van der Waals surface area (Å²) in [6.07, 6.45) is 6.18. The Balaban J connectivity index is 1.33. The Bertz CT molecular complexity index is 962. The van der Waals surface area contributed by atoms with E-state index in [1.54, 1.807) is 11.3 Å². The van der Waals surface area contributed by atoms with Gasteiger partial charge in [0.1, 0.15) is 0 Å². The number of hydrogen-bond donors (Lipinski definition) is 1. The van der Waals surface area contributed by atoms with E-state index in [9.17, 15) is 9.59 Å². The zero-order valence-corrected chi connectivity index (χ0v) is 19.3. The third-order valence-electron chi connectivity index (χ3n) is 7.76. The van der Waals surface area contributed by atoms with Gasteiger partial charge in [-0.2, -0.15) is 11.3 Å². The molecular weight excluding hydrogens is 404 g/mol. The van der Waals surface area contributed by atoms with Crippen molar-refractivity contribution in [1.29, 1.82) is 0 Å². The zero-order valence-electron chi connectivity index (χ0n) is 18.5. The second kappa shape index (κ2) is 7.77. The molecule has 2 saturated carbocycles. The molecule has 0 radical (unpaired) electrons. The number of thiophene rings is 1. The molecule has 1 spiro atoms. The number of benzene rings is 1. The number of nitrogens with one attached hydrogen (secondary N) is 1. The highest BCUT2D eigenvalue weighted by atomic mass is 32.1. The minimum absolute atomic E-state index is 0.0915. The second-order valence-corrected chi connectivity index (χ2v) is 11.1. The third-order valence-corrected chi connectivity index (χ3v) is 8.44. The van der Waals surface area contributed by atoms with Gasteiger partial charge < -0.3 is 10.2 Å². The molecule has 1 N–H and O–H groups in total. The van der Waals surface area contributed by atoms with Crippen molar-refractivity contribution in [2.24, 2.45) is 16.7 Å². The van der Waals surface area contributed by atoms with Gasteiger partial charge in [-0.25, -0.2) is 0 Å². The van der Waals surface area contributed by atoms with Gasteiger partial charge in [-0.05, 0) is 84.9 Å². The van der Waals surface area contributed by atoms with E-state index in [4.69, 9.17) is 0 Å². The van der Waals surface area contributed by atoms with Gasteiger partial charge in [0.2, 0.25) is 11.8 Å². The van der Waals surface area contributed by atoms with Gasteiger partial charge in [0.25, 0.3) is 0 Å². The summed E-state index contributed by atoms with van der Waals surface area (Å²) < 4.78 is 0. The van der Waals surface area contributed by atoms with Crippen LogP contribution >= 0.6 is 11.3 Å². The van der Waals surface area contributed by atoms with E-state index in [0.717, 1.165) is 18.4 Å². The molecule has 5 heteroatoms. The molecule has 5 rings (SSSR count). The molecule has 31 heavy (non-hydrogen) atoms. The summed E-state index contributed by atoms with van der Waals surface area (Å²) in [6, 6.07) is 10.8. The Morgan fingerprint density at radius 2 is 1.90 bits per heavy atom. The molecule has 0 unspecified atom stereocenters. The van der Waals surface area contributed by atoms with Crippen LogP contribution in [0.2, 0.25) is 0 Å². The topological polar surface area (TPSA) is 49.4 Å². The van der Waals surface area contributed by atoms with E-state index in [0.29, 0.717) is 30.8 Å². The molecule has 4 nitrogen and oxygen atoms in total. The van der Waals surface area contributed by atoms with E-state index < -0.39 is 5.41 Å². The number of amides is 2. The third kappa shape index (κ3) is 3.82. The standard InChI is InChI=1S/C26H32N2O2S/c1-18(2)27-24(30)26(14-19-4-6-20(7-5-19)21-8-13-31-16-21)11-12-28(17-26)23(29)22-15-25(22)9-3-10-25/h4-8,13,16,18,22H,3,9-12,14-15,17H2,1-2H3,(H,27,30)/t22-,26+/m1/s1. The first kappa shape index (κ1) is 20.7. The van der Waals surface area contributed by atoms with Gasteiger partial charge >= 0.3 is 0 Å². The molecule has 1 aromatic heterocycles. The summed E-state index contributed by atoms with van der Waals surface area (Å²) in [4.78, 5) is 28.5. The van der Waals surface area contributed by atoms with E-state index in [1.807, 2.05) is 18.7 Å². The molecule has 1 saturated heterocycles. The fourth-order valence-corrected chi connectivity index (χ4v) is 6.29. The van der Waals surface area contributed by atoms with E-state index in [1.165, 1.54) is 30.4 Å². The van der Waals surface area contributed by atoms with Crippen molar-refractivity contribution < 1.29 is 9.59 Å². The van der Waals surface area contributed by atoms with E-state index >= 15 is 0 Å². The molecule has 2 aliphatic carbocycles. The first-order chi connectivity index (χ1) is 14.9. The summed E-state index contributed by atoms with van der Waals surface area (Å²) >= 11 is 1.70. The first-order valence-electron chi connectivity index (χ1n) is 11.6. The molecule has 2 aromatic rings. The molecule has 164 valence electrons. The Morgan fingerprint density at radius 1 is 1.13 bits per heavy atom. The normalized spacial score (nSPS) is 26.2. The summed E-state index contributed by atoms with van der Waals surface area (Å²) in [5.41, 5.74) is 3.39. The maximum absolute atomic E-state index is 13.3. The number of likely N-dealkylation sites (tertiary alicyclic amines) is 1. The minimum atomic E-state index is -0.536. The summed E-state index contributed by atoms with van der Waals surface area (Å²) in [6.45, 7) is 5.25. The van der Waals surface area contributed by atoms with Crippen molar-refractivity contribution in [2.75, 3.05) is 13.1 Å². The van der Waals surface area contributed by atoms with Gasteiger partial charge in [0.05, 0.1) is 5.41 Å². The van der Waals surface area contributed by atoms with Crippen LogP contribution < -0.4 is 5.32 Å². The smallest absolute Gasteiger partial charge is 0.228 e. The predicted molar refractivity (Wildman–Crippen MR) is 125 cm³/mol. The van der Waals surface area contributed by atoms with Crippen LogP contribution in [0.25, 0.3) is 11.1 Å². The minimum Gasteiger partial charge on any atom is -0.353 e. The van der Waals surface area contributed by atoms with Crippen molar-refractivity contribution in [3.8, 4) is 11.1 Å². The van der Waals surface area contributed by atoms with Crippen molar-refractivity contribution in [3.05, 3.63) is 46.7 Å². The molecule has 1 aromatic carbocycles. The van der Waals surface area contributed by atoms with Gasteiger partial charge in [0, 0.05) is 25.0 Å². The molecule has 3 aliphatic rings. The molecule has 2 heterocycles. The van der Waals surface area contributed by atoms with Crippen molar-refractivity contribution in [2.45, 2.75) is 58.4 Å². The highest BCUT2D eigenvalue weighted by Gasteiger charge is 2.62. The first-order valence-corrected chi connectivity index (χ1v) is 12.6. The highest BCUT2D eigenvalue weighted by molar-refractivity contribution is 7.08. The van der Waals surface area contributed by atoms with Gasteiger partial charge in [-0.1, -0.05) is 30.7 Å². The second-order valence-electron chi connectivity index (χ2n) is 10.3. The predicted octanol–water partition coefficient (Wildman–Crippen LogP) is 4.89. The van der Waals surface area contributed by atoms with Crippen LogP contribution in [0.4, 0.5) is 0 Å². The monoisotopic (exact) mass is 436 g/mol. The van der Waals surface area contributed by atoms with Crippen LogP contribution in [-0.4, -0.2) is 35.8 Å². The Morgan fingerprint density at radius 3 is 2.48 bits per heavy atom. The van der Waals surface area contributed by atoms with Crippen LogP contribution in [-0.2, 0) is 16.0 Å². The number of nitrogens with zero attached hydrogens (tertiary/aromatic N) is 1. The lowest BCUT2D eigenvalue weighted by Crippen LogP contribution is -2.47. The maximum atomic E-state index is 13.3. The van der Waals surface area contributed by atoms with Crippen LogP contribution in [0, 0.1) is 16.7 Å². The summed E-state index contributed by atoms with van der Waals surface area (Å²) in [5, 5.41) is 7.39. The van der Waals surface area contributed by atoms with E-state index in [-0.39, 0.29) is 17.9 Å². The van der Waals surface area contributed by atoms with Crippen molar-refractivity contribution >= 4 is 23.2 Å². The van der Waals surface area contributed by atoms with Crippen LogP contribution in [0.3, 0.4) is 0 Å². The number of hydrogen-bond acceptors (Lipinski definition) is 3. The zero-order chi connectivity index (χ0) is 21.6. The molecular formula is C26H32N2O2S. The van der Waals surface area contributed by atoms with E-state index in [2.05, 4.69) is 46.4 Å². The molecule has 2 amide bonds. The SMILES string of the molecule is CC(C)NC(=O)[C@]1(Cc2ccc(-c3ccsc3)cc2)CCN(C(=O)[C@H]2CC23CCC3)C1. The summed E-state index contributed by atoms with van der Waals surface area (Å²) in [7, 11) is 0. The lowest BCUT2D eigenvalue weighted by molar-refractivity contribution is -0.135. The quantitative estimate of drug-likeness (QED) is 0.701. The summed E-state index contributed by atoms with van der Waals surface area (Å²) in [5.74, 6) is 0.607. The highest BCUT2D eigenvalue weighted by Crippen LogP contribution is 2.66. The Hall–Kier alpha value is -2.14. The van der Waals surface area contributed by atoms with Gasteiger partial charge in [-0.15, -0.1) is 0 Å². The Kier molecular flexibility index (Phi) is 5.20. The Labute approximate surface area is 189 Å². The number of rotatable bonds is 6. The number of carbonyl (C=O) groups is 2. The van der Waals surface area contributed by atoms with Crippen molar-refractivity contribution in [1.82, 2.24) is 10.2 Å². The average Bonchev–Trinajstić information content (AvgIpc) is 3.05. The molecule has 3 fully saturated rings. The van der Waals surface area contributed by atoms with Crippen LogP contribution in [0.15, 0.2) is 41.1 Å². The molecule has 0 bridgehead atoms. The fraction of sp³-hybridized carbons (Fsp3) is 0.538. The molecule has 1 aliphatic heterocycles. The lowest BCUT2D eigenvalue weighted by atomic mass is 9.79. The molecule has 2 atom stereocenters. The lowest BCUT2D eigenvalue weighted by Gasteiger charge is -2.31. The van der Waals surface area contributed by atoms with Gasteiger partial charge in [0.15, 0.2) is 0 Å². The van der Waals surface area contributed by atoms with Crippen LogP contribution in [0.1, 0.15) is 51.5 Å². The maximum Gasteiger partial charge on any atom is 0.228 e. The van der Waals surface area contributed by atoms with Gasteiger partial charge in [-0.3, -0.25) is 9.59 Å². The van der Waals surface area contributed by atoms with Crippen molar-refractivity contribution in [3.63, 3.8) is 0 Å². The average molecular weight is 437 g/mol.